The highest BCUT2D eigenvalue weighted by molar-refractivity contribution is 6.31. The first-order chi connectivity index (χ1) is 8.50. The second-order valence-electron chi connectivity index (χ2n) is 3.93. The van der Waals surface area contributed by atoms with E-state index < -0.39 is 11.8 Å². The SMILES string of the molecule is Cc1ccc(-c2cccc(F)c2C(=O)O)cc1Cl. The number of aryl methyl sites for hydroxylation is 1. The molecular formula is C14H10ClFO2. The Kier molecular flexibility index (Phi) is 3.34. The predicted molar refractivity (Wildman–Crippen MR) is 68.5 cm³/mol. The van der Waals surface area contributed by atoms with Crippen LogP contribution in [0.2, 0.25) is 5.02 Å². The zero-order valence-electron chi connectivity index (χ0n) is 9.58. The van der Waals surface area contributed by atoms with Gasteiger partial charge in [-0.3, -0.25) is 0 Å². The monoisotopic (exact) mass is 264 g/mol. The fourth-order valence-electron chi connectivity index (χ4n) is 1.74. The smallest absolute Gasteiger partial charge is 0.339 e. The van der Waals surface area contributed by atoms with Gasteiger partial charge >= 0.3 is 5.97 Å². The molecule has 0 unspecified atom stereocenters. The second kappa shape index (κ2) is 4.78. The van der Waals surface area contributed by atoms with Crippen LogP contribution in [0, 0.1) is 12.7 Å². The molecule has 2 aromatic rings. The Morgan fingerprint density at radius 1 is 1.28 bits per heavy atom. The van der Waals surface area contributed by atoms with Crippen LogP contribution in [0.5, 0.6) is 0 Å². The van der Waals surface area contributed by atoms with Crippen LogP contribution in [0.25, 0.3) is 11.1 Å². The molecule has 92 valence electrons. The molecule has 0 saturated heterocycles. The third-order valence-corrected chi connectivity index (χ3v) is 3.12. The van der Waals surface area contributed by atoms with E-state index in [0.29, 0.717) is 16.1 Å². The number of carboxylic acids is 1. The van der Waals surface area contributed by atoms with E-state index in [4.69, 9.17) is 16.7 Å². The third kappa shape index (κ3) is 2.22. The van der Waals surface area contributed by atoms with Crippen molar-refractivity contribution in [2.75, 3.05) is 0 Å². The Hall–Kier alpha value is -1.87. The molecule has 0 fully saturated rings. The van der Waals surface area contributed by atoms with Gasteiger partial charge in [-0.25, -0.2) is 9.18 Å². The van der Waals surface area contributed by atoms with Crippen LogP contribution >= 0.6 is 11.6 Å². The van der Waals surface area contributed by atoms with E-state index in [0.717, 1.165) is 11.6 Å². The van der Waals surface area contributed by atoms with Crippen LogP contribution in [-0.2, 0) is 0 Å². The van der Waals surface area contributed by atoms with Gasteiger partial charge in [-0.15, -0.1) is 0 Å². The Morgan fingerprint density at radius 2 is 2.00 bits per heavy atom. The van der Waals surface area contributed by atoms with E-state index in [1.807, 2.05) is 6.92 Å². The lowest BCUT2D eigenvalue weighted by molar-refractivity contribution is 0.0693. The fraction of sp³-hybridized carbons (Fsp3) is 0.0714. The van der Waals surface area contributed by atoms with Crippen molar-refractivity contribution in [3.63, 3.8) is 0 Å². The number of rotatable bonds is 2. The maximum atomic E-state index is 13.6. The van der Waals surface area contributed by atoms with Crippen molar-refractivity contribution in [2.24, 2.45) is 0 Å². The summed E-state index contributed by atoms with van der Waals surface area (Å²) < 4.78 is 13.6. The van der Waals surface area contributed by atoms with E-state index in [9.17, 15) is 9.18 Å². The average molecular weight is 265 g/mol. The molecule has 4 heteroatoms. The van der Waals surface area contributed by atoms with Gasteiger partial charge in [-0.05, 0) is 35.7 Å². The maximum Gasteiger partial charge on any atom is 0.339 e. The Bertz CT molecular complexity index is 623. The minimum absolute atomic E-state index is 0.324. The molecule has 2 rings (SSSR count). The second-order valence-corrected chi connectivity index (χ2v) is 4.34. The molecule has 0 spiro atoms. The molecule has 0 aromatic heterocycles. The van der Waals surface area contributed by atoms with E-state index in [2.05, 4.69) is 0 Å². The summed E-state index contributed by atoms with van der Waals surface area (Å²) in [6.07, 6.45) is 0. The molecule has 2 nitrogen and oxygen atoms in total. The molecule has 0 saturated carbocycles. The van der Waals surface area contributed by atoms with Gasteiger partial charge in [-0.1, -0.05) is 35.9 Å². The summed E-state index contributed by atoms with van der Waals surface area (Å²) in [5.74, 6) is -2.04. The fourth-order valence-corrected chi connectivity index (χ4v) is 1.92. The summed E-state index contributed by atoms with van der Waals surface area (Å²) in [4.78, 5) is 11.1. The molecule has 1 N–H and O–H groups in total. The molecule has 0 aliphatic rings. The lowest BCUT2D eigenvalue weighted by atomic mass is 9.98. The Morgan fingerprint density at radius 3 is 2.61 bits per heavy atom. The molecule has 0 heterocycles. The van der Waals surface area contributed by atoms with E-state index in [1.165, 1.54) is 6.07 Å². The predicted octanol–water partition coefficient (Wildman–Crippen LogP) is 4.15. The van der Waals surface area contributed by atoms with Gasteiger partial charge < -0.3 is 5.11 Å². The minimum atomic E-state index is -1.29. The van der Waals surface area contributed by atoms with Crippen molar-refractivity contribution in [1.82, 2.24) is 0 Å². The quantitative estimate of drug-likeness (QED) is 0.885. The van der Waals surface area contributed by atoms with Crippen LogP contribution in [0.1, 0.15) is 15.9 Å². The molecule has 0 amide bonds. The van der Waals surface area contributed by atoms with Gasteiger partial charge in [0, 0.05) is 5.02 Å². The minimum Gasteiger partial charge on any atom is -0.478 e. The van der Waals surface area contributed by atoms with Crippen molar-refractivity contribution in [3.05, 3.63) is 58.4 Å². The van der Waals surface area contributed by atoms with Gasteiger partial charge in [-0.2, -0.15) is 0 Å². The lowest BCUT2D eigenvalue weighted by Gasteiger charge is -2.08. The molecule has 0 atom stereocenters. The van der Waals surface area contributed by atoms with Crippen LogP contribution in [0.15, 0.2) is 36.4 Å². The highest BCUT2D eigenvalue weighted by Crippen LogP contribution is 2.29. The largest absolute Gasteiger partial charge is 0.478 e. The van der Waals surface area contributed by atoms with Gasteiger partial charge in [0.05, 0.1) is 0 Å². The zero-order chi connectivity index (χ0) is 13.3. The van der Waals surface area contributed by atoms with Crippen molar-refractivity contribution < 1.29 is 14.3 Å². The number of hydrogen-bond acceptors (Lipinski definition) is 1. The number of aromatic carboxylic acids is 1. The molecule has 0 aliphatic heterocycles. The lowest BCUT2D eigenvalue weighted by Crippen LogP contribution is -2.03. The molecule has 0 aliphatic carbocycles. The number of halogens is 2. The maximum absolute atomic E-state index is 13.6. The van der Waals surface area contributed by atoms with E-state index in [1.54, 1.807) is 24.3 Å². The Labute approximate surface area is 109 Å². The normalized spacial score (nSPS) is 10.4. The van der Waals surface area contributed by atoms with Crippen LogP contribution in [0.4, 0.5) is 4.39 Å². The summed E-state index contributed by atoms with van der Waals surface area (Å²) in [7, 11) is 0. The first-order valence-electron chi connectivity index (χ1n) is 5.29. The number of benzene rings is 2. The first-order valence-corrected chi connectivity index (χ1v) is 5.67. The summed E-state index contributed by atoms with van der Waals surface area (Å²) >= 11 is 5.99. The van der Waals surface area contributed by atoms with Crippen LogP contribution in [0.3, 0.4) is 0 Å². The van der Waals surface area contributed by atoms with Crippen molar-refractivity contribution >= 4 is 17.6 Å². The third-order valence-electron chi connectivity index (χ3n) is 2.71. The Balaban J connectivity index is 2.67. The highest BCUT2D eigenvalue weighted by Gasteiger charge is 2.16. The van der Waals surface area contributed by atoms with Crippen LogP contribution < -0.4 is 0 Å². The van der Waals surface area contributed by atoms with Crippen molar-refractivity contribution in [3.8, 4) is 11.1 Å². The number of hydrogen-bond donors (Lipinski definition) is 1. The van der Waals surface area contributed by atoms with Gasteiger partial charge in [0.15, 0.2) is 0 Å². The molecule has 0 radical (unpaired) electrons. The van der Waals surface area contributed by atoms with Crippen molar-refractivity contribution in [1.29, 1.82) is 0 Å². The summed E-state index contributed by atoms with van der Waals surface area (Å²) in [5, 5.41) is 9.58. The van der Waals surface area contributed by atoms with Gasteiger partial charge in [0.2, 0.25) is 0 Å². The van der Waals surface area contributed by atoms with E-state index in [-0.39, 0.29) is 5.56 Å². The van der Waals surface area contributed by atoms with Gasteiger partial charge in [0.1, 0.15) is 11.4 Å². The van der Waals surface area contributed by atoms with Gasteiger partial charge in [0.25, 0.3) is 0 Å². The average Bonchev–Trinajstić information content (AvgIpc) is 2.32. The summed E-state index contributed by atoms with van der Waals surface area (Å²) in [5.41, 5.74) is 1.46. The summed E-state index contributed by atoms with van der Waals surface area (Å²) in [6, 6.07) is 9.30. The molecular weight excluding hydrogens is 255 g/mol. The molecule has 0 bridgehead atoms. The standard InChI is InChI=1S/C14H10ClFO2/c1-8-5-6-9(7-11(8)15)10-3-2-4-12(16)13(10)14(17)18/h2-7H,1H3,(H,17,18). The van der Waals surface area contributed by atoms with Crippen LogP contribution in [-0.4, -0.2) is 11.1 Å². The topological polar surface area (TPSA) is 37.3 Å². The highest BCUT2D eigenvalue weighted by atomic mass is 35.5. The van der Waals surface area contributed by atoms with Crippen molar-refractivity contribution in [2.45, 2.75) is 6.92 Å². The summed E-state index contributed by atoms with van der Waals surface area (Å²) in [6.45, 7) is 1.84. The zero-order valence-corrected chi connectivity index (χ0v) is 10.3. The molecule has 18 heavy (non-hydrogen) atoms. The number of carbonyl (C=O) groups is 1. The van der Waals surface area contributed by atoms with E-state index >= 15 is 0 Å². The number of carboxylic acid groups (broad SMARTS) is 1. The first kappa shape index (κ1) is 12.6. The molecule has 2 aromatic carbocycles.